The number of likely N-dealkylation sites (N-methyl/N-ethyl adjacent to an activating group) is 1. The summed E-state index contributed by atoms with van der Waals surface area (Å²) in [6.07, 6.45) is 4.57. The number of hydrogen-bond acceptors (Lipinski definition) is 3. The van der Waals surface area contributed by atoms with Crippen LogP contribution in [0.4, 0.5) is 0 Å². The van der Waals surface area contributed by atoms with Crippen LogP contribution in [0.15, 0.2) is 0 Å². The second-order valence-corrected chi connectivity index (χ2v) is 5.89. The second kappa shape index (κ2) is 4.94. The van der Waals surface area contributed by atoms with E-state index >= 15 is 0 Å². The Bertz CT molecular complexity index is 278. The van der Waals surface area contributed by atoms with E-state index in [0.717, 1.165) is 12.8 Å². The van der Waals surface area contributed by atoms with E-state index in [1.54, 1.807) is 0 Å². The molecule has 2 atom stereocenters. The third kappa shape index (κ3) is 2.63. The van der Waals surface area contributed by atoms with Gasteiger partial charge in [-0.1, -0.05) is 0 Å². The average molecular weight is 239 g/mol. The van der Waals surface area contributed by atoms with Crippen LogP contribution in [0.25, 0.3) is 0 Å². The number of nitrogens with two attached hydrogens (primary N) is 1. The molecule has 98 valence electrons. The van der Waals surface area contributed by atoms with Crippen molar-refractivity contribution in [1.82, 2.24) is 9.80 Å². The Morgan fingerprint density at radius 2 is 1.88 bits per heavy atom. The Balaban J connectivity index is 1.94. The molecule has 0 aliphatic carbocycles. The molecule has 2 N–H and O–H groups in total. The third-order valence-electron chi connectivity index (χ3n) is 4.41. The number of amides is 1. The molecule has 2 rings (SSSR count). The van der Waals surface area contributed by atoms with Crippen LogP contribution in [-0.2, 0) is 4.79 Å². The van der Waals surface area contributed by atoms with E-state index in [9.17, 15) is 4.79 Å². The molecule has 2 unspecified atom stereocenters. The minimum absolute atomic E-state index is 0.243. The number of rotatable bonds is 3. The number of carbonyl (C=O) groups is 1. The largest absolute Gasteiger partial charge is 0.342 e. The Labute approximate surface area is 104 Å². The van der Waals surface area contributed by atoms with Gasteiger partial charge in [-0.2, -0.15) is 0 Å². The van der Waals surface area contributed by atoms with E-state index in [-0.39, 0.29) is 11.9 Å². The van der Waals surface area contributed by atoms with Crippen molar-refractivity contribution in [3.63, 3.8) is 0 Å². The topological polar surface area (TPSA) is 49.6 Å². The Kier molecular flexibility index (Phi) is 3.73. The number of fused-ring (bicyclic) bond motifs is 2. The predicted molar refractivity (Wildman–Crippen MR) is 68.6 cm³/mol. The molecule has 2 heterocycles. The van der Waals surface area contributed by atoms with Crippen LogP contribution in [0.1, 0.15) is 39.5 Å². The van der Waals surface area contributed by atoms with Crippen molar-refractivity contribution in [2.75, 3.05) is 13.6 Å². The molecule has 0 radical (unpaired) electrons. The van der Waals surface area contributed by atoms with Crippen LogP contribution < -0.4 is 5.73 Å². The van der Waals surface area contributed by atoms with Crippen LogP contribution in [0.3, 0.4) is 0 Å². The predicted octanol–water partition coefficient (Wildman–Crippen LogP) is 0.807. The standard InChI is InChI=1S/C13H25N3O/c1-9(2)15(3)13(17)8-16-11-4-5-12(16)7-10(14)6-11/h9-12H,4-8,14H2,1-3H3. The first-order chi connectivity index (χ1) is 7.99. The number of nitrogens with zero attached hydrogens (tertiary/aromatic N) is 2. The molecule has 4 heteroatoms. The van der Waals surface area contributed by atoms with Gasteiger partial charge in [0.1, 0.15) is 0 Å². The van der Waals surface area contributed by atoms with Gasteiger partial charge in [-0.25, -0.2) is 0 Å². The normalized spacial score (nSPS) is 33.1. The zero-order valence-corrected chi connectivity index (χ0v) is 11.2. The van der Waals surface area contributed by atoms with E-state index in [2.05, 4.69) is 18.7 Å². The van der Waals surface area contributed by atoms with Crippen molar-refractivity contribution >= 4 is 5.91 Å². The van der Waals surface area contributed by atoms with Crippen LogP contribution in [0.5, 0.6) is 0 Å². The van der Waals surface area contributed by atoms with Crippen molar-refractivity contribution in [2.24, 2.45) is 5.73 Å². The van der Waals surface area contributed by atoms with Crippen molar-refractivity contribution in [3.8, 4) is 0 Å². The van der Waals surface area contributed by atoms with E-state index in [4.69, 9.17) is 5.73 Å². The zero-order chi connectivity index (χ0) is 12.6. The van der Waals surface area contributed by atoms with Gasteiger partial charge in [0.15, 0.2) is 0 Å². The third-order valence-corrected chi connectivity index (χ3v) is 4.41. The van der Waals surface area contributed by atoms with Crippen LogP contribution in [0.2, 0.25) is 0 Å². The lowest BCUT2D eigenvalue weighted by Crippen LogP contribution is -2.51. The number of piperidine rings is 1. The highest BCUT2D eigenvalue weighted by Crippen LogP contribution is 2.34. The molecule has 2 aliphatic heterocycles. The maximum Gasteiger partial charge on any atom is 0.236 e. The van der Waals surface area contributed by atoms with Crippen molar-refractivity contribution in [3.05, 3.63) is 0 Å². The molecule has 2 fully saturated rings. The molecule has 2 saturated heterocycles. The number of carbonyl (C=O) groups excluding carboxylic acids is 1. The van der Waals surface area contributed by atoms with Gasteiger partial charge in [-0.15, -0.1) is 0 Å². The summed E-state index contributed by atoms with van der Waals surface area (Å²) in [6, 6.07) is 1.73. The van der Waals surface area contributed by atoms with Gasteiger partial charge < -0.3 is 10.6 Å². The highest BCUT2D eigenvalue weighted by molar-refractivity contribution is 5.78. The fourth-order valence-electron chi connectivity index (χ4n) is 3.13. The van der Waals surface area contributed by atoms with E-state index in [1.165, 1.54) is 12.8 Å². The summed E-state index contributed by atoms with van der Waals surface area (Å²) < 4.78 is 0. The summed E-state index contributed by atoms with van der Waals surface area (Å²) in [5, 5.41) is 0. The lowest BCUT2D eigenvalue weighted by Gasteiger charge is -2.38. The first-order valence-electron chi connectivity index (χ1n) is 6.76. The quantitative estimate of drug-likeness (QED) is 0.793. The highest BCUT2D eigenvalue weighted by atomic mass is 16.2. The van der Waals surface area contributed by atoms with Gasteiger partial charge in [-0.3, -0.25) is 9.69 Å². The van der Waals surface area contributed by atoms with Gasteiger partial charge in [-0.05, 0) is 39.5 Å². The van der Waals surface area contributed by atoms with Crippen molar-refractivity contribution in [1.29, 1.82) is 0 Å². The lowest BCUT2D eigenvalue weighted by atomic mass is 9.98. The summed E-state index contributed by atoms with van der Waals surface area (Å²) in [4.78, 5) is 16.3. The lowest BCUT2D eigenvalue weighted by molar-refractivity contribution is -0.133. The van der Waals surface area contributed by atoms with Crippen LogP contribution in [0, 0.1) is 0 Å². The molecule has 0 aromatic carbocycles. The molecule has 0 aromatic rings. The zero-order valence-electron chi connectivity index (χ0n) is 11.2. The Morgan fingerprint density at radius 1 is 1.35 bits per heavy atom. The molecule has 0 aromatic heterocycles. The summed E-state index contributed by atoms with van der Waals surface area (Å²) in [7, 11) is 1.89. The molecule has 2 aliphatic rings. The molecule has 0 saturated carbocycles. The SMILES string of the molecule is CC(C)N(C)C(=O)CN1C2CCC1CC(N)C2. The maximum atomic E-state index is 12.1. The molecule has 1 amide bonds. The molecule has 0 spiro atoms. The highest BCUT2D eigenvalue weighted by Gasteiger charge is 2.40. The molecule has 4 nitrogen and oxygen atoms in total. The van der Waals surface area contributed by atoms with E-state index < -0.39 is 0 Å². The monoisotopic (exact) mass is 239 g/mol. The average Bonchev–Trinajstić information content (AvgIpc) is 2.49. The van der Waals surface area contributed by atoms with E-state index in [1.807, 2.05) is 11.9 Å². The van der Waals surface area contributed by atoms with Crippen LogP contribution >= 0.6 is 0 Å². The van der Waals surface area contributed by atoms with E-state index in [0.29, 0.717) is 24.7 Å². The van der Waals surface area contributed by atoms with Crippen LogP contribution in [-0.4, -0.2) is 53.5 Å². The Hall–Kier alpha value is -0.610. The molecular weight excluding hydrogens is 214 g/mol. The van der Waals surface area contributed by atoms with Gasteiger partial charge in [0.25, 0.3) is 0 Å². The van der Waals surface area contributed by atoms with Gasteiger partial charge in [0.2, 0.25) is 5.91 Å². The van der Waals surface area contributed by atoms with Crippen molar-refractivity contribution < 1.29 is 4.79 Å². The minimum Gasteiger partial charge on any atom is -0.342 e. The summed E-state index contributed by atoms with van der Waals surface area (Å²) in [6.45, 7) is 4.69. The fourth-order valence-corrected chi connectivity index (χ4v) is 3.13. The minimum atomic E-state index is 0.243. The van der Waals surface area contributed by atoms with Crippen molar-refractivity contribution in [2.45, 2.75) is 63.7 Å². The Morgan fingerprint density at radius 3 is 2.35 bits per heavy atom. The first-order valence-corrected chi connectivity index (χ1v) is 6.76. The number of hydrogen-bond donors (Lipinski definition) is 1. The van der Waals surface area contributed by atoms with Gasteiger partial charge in [0.05, 0.1) is 6.54 Å². The molecular formula is C13H25N3O. The van der Waals surface area contributed by atoms with Gasteiger partial charge in [0, 0.05) is 31.2 Å². The summed E-state index contributed by atoms with van der Waals surface area (Å²) in [5.41, 5.74) is 6.03. The van der Waals surface area contributed by atoms with Gasteiger partial charge >= 0.3 is 0 Å². The smallest absolute Gasteiger partial charge is 0.236 e. The summed E-state index contributed by atoms with van der Waals surface area (Å²) in [5.74, 6) is 0.243. The second-order valence-electron chi connectivity index (χ2n) is 5.89. The summed E-state index contributed by atoms with van der Waals surface area (Å²) >= 11 is 0. The first kappa shape index (κ1) is 12.8. The molecule has 2 bridgehead atoms. The fraction of sp³-hybridized carbons (Fsp3) is 0.923. The molecule has 17 heavy (non-hydrogen) atoms. The maximum absolute atomic E-state index is 12.1.